The number of thiophene rings is 1. The Morgan fingerprint density at radius 3 is 2.78 bits per heavy atom. The summed E-state index contributed by atoms with van der Waals surface area (Å²) in [6.07, 6.45) is 5.21. The van der Waals surface area contributed by atoms with Crippen molar-refractivity contribution in [2.45, 2.75) is 36.3 Å². The van der Waals surface area contributed by atoms with Gasteiger partial charge in [-0.1, -0.05) is 19.3 Å². The van der Waals surface area contributed by atoms with E-state index in [1.165, 1.54) is 30.6 Å². The standard InChI is InChI=1S/C12H19NO3S2/c14-9-7-11-4-5-12(17-11)18(15,16)13-8-6-10-2-1-3-10/h4-5,10,13-14H,1-3,6-9H2. The molecule has 1 aromatic heterocycles. The van der Waals surface area contributed by atoms with E-state index in [0.29, 0.717) is 23.1 Å². The molecule has 18 heavy (non-hydrogen) atoms. The zero-order valence-corrected chi connectivity index (χ0v) is 11.9. The highest BCUT2D eigenvalue weighted by molar-refractivity contribution is 7.91. The molecule has 2 N–H and O–H groups in total. The second-order valence-electron chi connectivity index (χ2n) is 4.68. The molecular weight excluding hydrogens is 270 g/mol. The minimum absolute atomic E-state index is 0.0507. The van der Waals surface area contributed by atoms with E-state index in [2.05, 4.69) is 4.72 Å². The van der Waals surface area contributed by atoms with Gasteiger partial charge >= 0.3 is 0 Å². The minimum atomic E-state index is -3.35. The Morgan fingerprint density at radius 2 is 2.17 bits per heavy atom. The summed E-state index contributed by atoms with van der Waals surface area (Å²) >= 11 is 1.23. The van der Waals surface area contributed by atoms with Crippen LogP contribution in [0.4, 0.5) is 0 Å². The van der Waals surface area contributed by atoms with Crippen molar-refractivity contribution in [1.29, 1.82) is 0 Å². The van der Waals surface area contributed by atoms with Crippen molar-refractivity contribution in [2.24, 2.45) is 5.92 Å². The maximum Gasteiger partial charge on any atom is 0.250 e. The zero-order valence-electron chi connectivity index (χ0n) is 10.3. The second-order valence-corrected chi connectivity index (χ2v) is 7.84. The molecule has 1 fully saturated rings. The predicted molar refractivity (Wildman–Crippen MR) is 72.3 cm³/mol. The highest BCUT2D eigenvalue weighted by atomic mass is 32.2. The Hall–Kier alpha value is -0.430. The van der Waals surface area contributed by atoms with Crippen LogP contribution >= 0.6 is 11.3 Å². The van der Waals surface area contributed by atoms with Crippen LogP contribution in [0.15, 0.2) is 16.3 Å². The third kappa shape index (κ3) is 3.54. The Morgan fingerprint density at radius 1 is 1.39 bits per heavy atom. The SMILES string of the molecule is O=S(=O)(NCCC1CCC1)c1ccc(CCO)s1. The number of hydrogen-bond donors (Lipinski definition) is 2. The zero-order chi connectivity index (χ0) is 13.0. The highest BCUT2D eigenvalue weighted by Crippen LogP contribution is 2.29. The molecular formula is C12H19NO3S2. The molecule has 0 radical (unpaired) electrons. The van der Waals surface area contributed by atoms with Gasteiger partial charge in [0.2, 0.25) is 10.0 Å². The van der Waals surface area contributed by atoms with E-state index >= 15 is 0 Å². The normalized spacial score (nSPS) is 16.7. The van der Waals surface area contributed by atoms with Crippen molar-refractivity contribution in [3.8, 4) is 0 Å². The minimum Gasteiger partial charge on any atom is -0.396 e. The van der Waals surface area contributed by atoms with E-state index in [9.17, 15) is 8.42 Å². The number of aliphatic hydroxyl groups excluding tert-OH is 1. The quantitative estimate of drug-likeness (QED) is 0.803. The van der Waals surface area contributed by atoms with Gasteiger partial charge in [0.05, 0.1) is 0 Å². The smallest absolute Gasteiger partial charge is 0.250 e. The van der Waals surface area contributed by atoms with Crippen LogP contribution in [0.2, 0.25) is 0 Å². The van der Waals surface area contributed by atoms with Crippen molar-refractivity contribution < 1.29 is 13.5 Å². The molecule has 2 rings (SSSR count). The van der Waals surface area contributed by atoms with Crippen LogP contribution in [0.1, 0.15) is 30.6 Å². The average Bonchev–Trinajstić information content (AvgIpc) is 2.72. The number of nitrogens with one attached hydrogen (secondary N) is 1. The molecule has 1 saturated carbocycles. The molecule has 1 heterocycles. The van der Waals surface area contributed by atoms with Gasteiger partial charge < -0.3 is 5.11 Å². The lowest BCUT2D eigenvalue weighted by molar-refractivity contribution is 0.297. The van der Waals surface area contributed by atoms with Crippen molar-refractivity contribution in [3.63, 3.8) is 0 Å². The molecule has 0 aromatic carbocycles. The molecule has 102 valence electrons. The first-order chi connectivity index (χ1) is 8.62. The Bertz CT molecular complexity index is 477. The van der Waals surface area contributed by atoms with Crippen LogP contribution in [0.3, 0.4) is 0 Å². The molecule has 0 amide bonds. The van der Waals surface area contributed by atoms with E-state index in [1.807, 2.05) is 0 Å². The van der Waals surface area contributed by atoms with E-state index in [1.54, 1.807) is 12.1 Å². The number of rotatable bonds is 7. The van der Waals surface area contributed by atoms with Crippen LogP contribution in [0.5, 0.6) is 0 Å². The van der Waals surface area contributed by atoms with Gasteiger partial charge in [-0.2, -0.15) is 0 Å². The Balaban J connectivity index is 1.87. The molecule has 1 aliphatic carbocycles. The highest BCUT2D eigenvalue weighted by Gasteiger charge is 2.20. The van der Waals surface area contributed by atoms with Crippen LogP contribution in [-0.2, 0) is 16.4 Å². The van der Waals surface area contributed by atoms with Crippen molar-refractivity contribution >= 4 is 21.4 Å². The molecule has 6 heteroatoms. The van der Waals surface area contributed by atoms with Crippen molar-refractivity contribution in [3.05, 3.63) is 17.0 Å². The molecule has 0 spiro atoms. The summed E-state index contributed by atoms with van der Waals surface area (Å²) in [5, 5.41) is 8.81. The monoisotopic (exact) mass is 289 g/mol. The van der Waals surface area contributed by atoms with Gasteiger partial charge in [-0.25, -0.2) is 13.1 Å². The Labute approximate surface area is 112 Å². The lowest BCUT2D eigenvalue weighted by Gasteiger charge is -2.24. The molecule has 1 aromatic rings. The third-order valence-corrected chi connectivity index (χ3v) is 6.43. The predicted octanol–water partition coefficient (Wildman–Crippen LogP) is 1.75. The fraction of sp³-hybridized carbons (Fsp3) is 0.667. The van der Waals surface area contributed by atoms with Crippen molar-refractivity contribution in [2.75, 3.05) is 13.2 Å². The largest absolute Gasteiger partial charge is 0.396 e. The third-order valence-electron chi connectivity index (χ3n) is 3.33. The molecule has 4 nitrogen and oxygen atoms in total. The average molecular weight is 289 g/mol. The van der Waals surface area contributed by atoms with Gasteiger partial charge in [-0.05, 0) is 24.5 Å². The van der Waals surface area contributed by atoms with E-state index in [-0.39, 0.29) is 6.61 Å². The summed E-state index contributed by atoms with van der Waals surface area (Å²) in [6.45, 7) is 0.579. The molecule has 0 atom stereocenters. The molecule has 0 unspecified atom stereocenters. The number of hydrogen-bond acceptors (Lipinski definition) is 4. The first-order valence-electron chi connectivity index (χ1n) is 6.31. The lowest BCUT2D eigenvalue weighted by Crippen LogP contribution is -2.27. The first kappa shape index (κ1) is 14.0. The van der Waals surface area contributed by atoms with Crippen molar-refractivity contribution in [1.82, 2.24) is 4.72 Å². The molecule has 1 aliphatic rings. The van der Waals surface area contributed by atoms with Crippen LogP contribution in [0, 0.1) is 5.92 Å². The fourth-order valence-electron chi connectivity index (χ4n) is 2.00. The van der Waals surface area contributed by atoms with Gasteiger partial charge in [-0.3, -0.25) is 0 Å². The van der Waals surface area contributed by atoms with Crippen LogP contribution in [0.25, 0.3) is 0 Å². The van der Waals surface area contributed by atoms with Gasteiger partial charge in [-0.15, -0.1) is 11.3 Å². The summed E-state index contributed by atoms with van der Waals surface area (Å²) in [4.78, 5) is 0.900. The lowest BCUT2D eigenvalue weighted by atomic mass is 9.83. The Kier molecular flexibility index (Phi) is 4.77. The number of sulfonamides is 1. The van der Waals surface area contributed by atoms with E-state index < -0.39 is 10.0 Å². The van der Waals surface area contributed by atoms with Gasteiger partial charge in [0.1, 0.15) is 4.21 Å². The van der Waals surface area contributed by atoms with E-state index in [0.717, 1.165) is 11.3 Å². The summed E-state index contributed by atoms with van der Waals surface area (Å²) < 4.78 is 26.9. The summed E-state index contributed by atoms with van der Waals surface area (Å²) in [6, 6.07) is 3.38. The maximum atomic E-state index is 12.0. The second kappa shape index (κ2) is 6.14. The molecule has 0 bridgehead atoms. The summed E-state index contributed by atoms with van der Waals surface area (Å²) in [5.74, 6) is 0.709. The number of aliphatic hydroxyl groups is 1. The van der Waals surface area contributed by atoms with Gasteiger partial charge in [0.25, 0.3) is 0 Å². The topological polar surface area (TPSA) is 66.4 Å². The van der Waals surface area contributed by atoms with Crippen LogP contribution in [-0.4, -0.2) is 26.7 Å². The molecule has 0 saturated heterocycles. The summed E-state index contributed by atoms with van der Waals surface area (Å²) in [5.41, 5.74) is 0. The van der Waals surface area contributed by atoms with Gasteiger partial charge in [0.15, 0.2) is 0 Å². The fourth-order valence-corrected chi connectivity index (χ4v) is 4.43. The maximum absolute atomic E-state index is 12.0. The van der Waals surface area contributed by atoms with Gasteiger partial charge in [0, 0.05) is 24.4 Å². The molecule has 0 aliphatic heterocycles. The first-order valence-corrected chi connectivity index (χ1v) is 8.61. The van der Waals surface area contributed by atoms with Crippen LogP contribution < -0.4 is 4.72 Å². The van der Waals surface area contributed by atoms with E-state index in [4.69, 9.17) is 5.11 Å². The summed E-state index contributed by atoms with van der Waals surface area (Å²) in [7, 11) is -3.35.